The SMILES string of the molecule is CCC(CNC(=O)c1ccc(Cl)cc1[N+](=O)[O-])C(=O)O. The Bertz CT molecular complexity index is 547. The van der Waals surface area contributed by atoms with E-state index in [0.29, 0.717) is 6.42 Å². The summed E-state index contributed by atoms with van der Waals surface area (Å²) in [5.41, 5.74) is -0.571. The van der Waals surface area contributed by atoms with E-state index in [9.17, 15) is 19.7 Å². The van der Waals surface area contributed by atoms with Crippen molar-refractivity contribution in [3.05, 3.63) is 38.9 Å². The first-order valence-electron chi connectivity index (χ1n) is 5.81. The Balaban J connectivity index is 2.88. The van der Waals surface area contributed by atoms with Crippen LogP contribution in [0.2, 0.25) is 5.02 Å². The first kappa shape index (κ1) is 15.9. The number of hydrogen-bond donors (Lipinski definition) is 2. The van der Waals surface area contributed by atoms with Crippen molar-refractivity contribution < 1.29 is 19.6 Å². The number of aliphatic carboxylic acids is 1. The molecule has 20 heavy (non-hydrogen) atoms. The average Bonchev–Trinajstić information content (AvgIpc) is 2.38. The van der Waals surface area contributed by atoms with Crippen LogP contribution in [0.1, 0.15) is 23.7 Å². The van der Waals surface area contributed by atoms with Crippen LogP contribution in [0, 0.1) is 16.0 Å². The normalized spacial score (nSPS) is 11.7. The van der Waals surface area contributed by atoms with Crippen molar-refractivity contribution in [1.82, 2.24) is 5.32 Å². The standard InChI is InChI=1S/C12H13ClN2O5/c1-2-7(12(17)18)6-14-11(16)9-4-3-8(13)5-10(9)15(19)20/h3-5,7H,2,6H2,1H3,(H,14,16)(H,17,18). The molecule has 2 N–H and O–H groups in total. The van der Waals surface area contributed by atoms with E-state index in [0.717, 1.165) is 6.07 Å². The lowest BCUT2D eigenvalue weighted by atomic mass is 10.1. The van der Waals surface area contributed by atoms with Crippen LogP contribution in [-0.2, 0) is 4.79 Å². The molecule has 8 heteroatoms. The number of nitrogens with one attached hydrogen (secondary N) is 1. The highest BCUT2D eigenvalue weighted by Crippen LogP contribution is 2.23. The molecule has 1 aromatic rings. The molecular formula is C12H13ClN2O5. The molecule has 0 spiro atoms. The highest BCUT2D eigenvalue weighted by atomic mass is 35.5. The summed E-state index contributed by atoms with van der Waals surface area (Å²) < 4.78 is 0. The smallest absolute Gasteiger partial charge is 0.308 e. The predicted molar refractivity (Wildman–Crippen MR) is 71.9 cm³/mol. The fourth-order valence-corrected chi connectivity index (χ4v) is 1.73. The van der Waals surface area contributed by atoms with Gasteiger partial charge in [-0.1, -0.05) is 18.5 Å². The van der Waals surface area contributed by atoms with Gasteiger partial charge in [0, 0.05) is 17.6 Å². The Hall–Kier alpha value is -2.15. The average molecular weight is 301 g/mol. The van der Waals surface area contributed by atoms with Crippen molar-refractivity contribution in [2.45, 2.75) is 13.3 Å². The number of carbonyl (C=O) groups excluding carboxylic acids is 1. The summed E-state index contributed by atoms with van der Waals surface area (Å²) >= 11 is 5.64. The minimum Gasteiger partial charge on any atom is -0.481 e. The van der Waals surface area contributed by atoms with Crippen LogP contribution in [0.25, 0.3) is 0 Å². The van der Waals surface area contributed by atoms with Crippen molar-refractivity contribution in [2.24, 2.45) is 5.92 Å². The summed E-state index contributed by atoms with van der Waals surface area (Å²) in [5, 5.41) is 22.2. The number of nitro benzene ring substituents is 1. The number of nitro groups is 1. The zero-order valence-electron chi connectivity index (χ0n) is 10.6. The Labute approximate surface area is 119 Å². The van der Waals surface area contributed by atoms with E-state index in [1.807, 2.05) is 0 Å². The van der Waals surface area contributed by atoms with Crippen molar-refractivity contribution in [1.29, 1.82) is 0 Å². The Morgan fingerprint density at radius 3 is 2.65 bits per heavy atom. The summed E-state index contributed by atoms with van der Waals surface area (Å²) in [6.07, 6.45) is 0.346. The maximum absolute atomic E-state index is 11.9. The van der Waals surface area contributed by atoms with Gasteiger partial charge in [-0.25, -0.2) is 0 Å². The number of halogens is 1. The van der Waals surface area contributed by atoms with Crippen LogP contribution in [0.15, 0.2) is 18.2 Å². The Kier molecular flexibility index (Phi) is 5.45. The van der Waals surface area contributed by atoms with Gasteiger partial charge in [-0.3, -0.25) is 19.7 Å². The molecule has 1 atom stereocenters. The number of carboxylic acids is 1. The largest absolute Gasteiger partial charge is 0.481 e. The highest BCUT2D eigenvalue weighted by molar-refractivity contribution is 6.31. The lowest BCUT2D eigenvalue weighted by Crippen LogP contribution is -2.32. The third-order valence-electron chi connectivity index (χ3n) is 2.75. The van der Waals surface area contributed by atoms with Crippen LogP contribution in [0.5, 0.6) is 0 Å². The van der Waals surface area contributed by atoms with Crippen LogP contribution in [0.4, 0.5) is 5.69 Å². The van der Waals surface area contributed by atoms with E-state index >= 15 is 0 Å². The summed E-state index contributed by atoms with van der Waals surface area (Å²) in [7, 11) is 0. The predicted octanol–water partition coefficient (Wildman–Crippen LogP) is 2.09. The first-order valence-corrected chi connectivity index (χ1v) is 6.19. The lowest BCUT2D eigenvalue weighted by molar-refractivity contribution is -0.385. The minimum absolute atomic E-state index is 0.0928. The molecule has 0 fully saturated rings. The molecule has 0 heterocycles. The van der Waals surface area contributed by atoms with Crippen molar-refractivity contribution in [3.63, 3.8) is 0 Å². The van der Waals surface area contributed by atoms with Gasteiger partial charge in [-0.15, -0.1) is 0 Å². The molecule has 0 bridgehead atoms. The number of benzene rings is 1. The summed E-state index contributed by atoms with van der Waals surface area (Å²) in [5.74, 6) is -2.46. The van der Waals surface area contributed by atoms with Gasteiger partial charge in [0.15, 0.2) is 0 Å². The van der Waals surface area contributed by atoms with Gasteiger partial charge < -0.3 is 10.4 Å². The lowest BCUT2D eigenvalue weighted by Gasteiger charge is -2.11. The number of rotatable bonds is 6. The van der Waals surface area contributed by atoms with Crippen molar-refractivity contribution >= 4 is 29.2 Å². The maximum Gasteiger partial charge on any atom is 0.308 e. The summed E-state index contributed by atoms with van der Waals surface area (Å²) in [6, 6.07) is 3.67. The highest BCUT2D eigenvalue weighted by Gasteiger charge is 2.22. The number of carbonyl (C=O) groups is 2. The zero-order chi connectivity index (χ0) is 15.3. The van der Waals surface area contributed by atoms with Crippen LogP contribution >= 0.6 is 11.6 Å². The molecule has 0 saturated carbocycles. The molecule has 0 aliphatic carbocycles. The molecule has 0 aliphatic heterocycles. The molecule has 0 aromatic heterocycles. The summed E-state index contributed by atoms with van der Waals surface area (Å²) in [6.45, 7) is 1.58. The topological polar surface area (TPSA) is 110 Å². The van der Waals surface area contributed by atoms with Gasteiger partial charge in [0.1, 0.15) is 5.56 Å². The second-order valence-electron chi connectivity index (χ2n) is 4.07. The quantitative estimate of drug-likeness (QED) is 0.617. The van der Waals surface area contributed by atoms with Crippen LogP contribution in [-0.4, -0.2) is 28.5 Å². The number of hydrogen-bond acceptors (Lipinski definition) is 4. The molecule has 0 radical (unpaired) electrons. The van der Waals surface area contributed by atoms with Gasteiger partial charge in [-0.2, -0.15) is 0 Å². The fraction of sp³-hybridized carbons (Fsp3) is 0.333. The second-order valence-corrected chi connectivity index (χ2v) is 4.51. The Morgan fingerprint density at radius 1 is 1.50 bits per heavy atom. The molecule has 108 valence electrons. The van der Waals surface area contributed by atoms with E-state index < -0.39 is 28.4 Å². The zero-order valence-corrected chi connectivity index (χ0v) is 11.4. The van der Waals surface area contributed by atoms with E-state index in [2.05, 4.69) is 5.32 Å². The van der Waals surface area contributed by atoms with Gasteiger partial charge >= 0.3 is 5.97 Å². The molecule has 1 amide bonds. The molecule has 1 aromatic carbocycles. The molecule has 1 unspecified atom stereocenters. The van der Waals surface area contributed by atoms with Crippen molar-refractivity contribution in [3.8, 4) is 0 Å². The molecular weight excluding hydrogens is 288 g/mol. The third kappa shape index (κ3) is 3.92. The Morgan fingerprint density at radius 2 is 2.15 bits per heavy atom. The van der Waals surface area contributed by atoms with Gasteiger partial charge in [-0.05, 0) is 18.6 Å². The van der Waals surface area contributed by atoms with E-state index in [-0.39, 0.29) is 17.1 Å². The number of carboxylic acid groups (broad SMARTS) is 1. The van der Waals surface area contributed by atoms with Gasteiger partial charge in [0.05, 0.1) is 10.8 Å². The van der Waals surface area contributed by atoms with Gasteiger partial charge in [0.2, 0.25) is 0 Å². The molecule has 0 aliphatic rings. The number of nitrogens with zero attached hydrogens (tertiary/aromatic N) is 1. The minimum atomic E-state index is -1.03. The van der Waals surface area contributed by atoms with Crippen LogP contribution < -0.4 is 5.32 Å². The third-order valence-corrected chi connectivity index (χ3v) is 2.99. The van der Waals surface area contributed by atoms with E-state index in [4.69, 9.17) is 16.7 Å². The molecule has 7 nitrogen and oxygen atoms in total. The number of amides is 1. The van der Waals surface area contributed by atoms with Gasteiger partial charge in [0.25, 0.3) is 11.6 Å². The monoisotopic (exact) mass is 300 g/mol. The van der Waals surface area contributed by atoms with Crippen molar-refractivity contribution in [2.75, 3.05) is 6.54 Å². The maximum atomic E-state index is 11.9. The fourth-order valence-electron chi connectivity index (χ4n) is 1.57. The molecule has 0 saturated heterocycles. The van der Waals surface area contributed by atoms with E-state index in [1.165, 1.54) is 12.1 Å². The van der Waals surface area contributed by atoms with Crippen LogP contribution in [0.3, 0.4) is 0 Å². The first-order chi connectivity index (χ1) is 9.36. The van der Waals surface area contributed by atoms with E-state index in [1.54, 1.807) is 6.92 Å². The summed E-state index contributed by atoms with van der Waals surface area (Å²) in [4.78, 5) is 32.8. The second kappa shape index (κ2) is 6.85. The molecule has 1 rings (SSSR count).